The summed E-state index contributed by atoms with van der Waals surface area (Å²) in [7, 11) is 2.74. The zero-order valence-corrected chi connectivity index (χ0v) is 26.1. The van der Waals surface area contributed by atoms with E-state index in [9.17, 15) is 27.6 Å². The van der Waals surface area contributed by atoms with Gasteiger partial charge in [0.25, 0.3) is 11.5 Å². The molecule has 1 saturated heterocycles. The van der Waals surface area contributed by atoms with Gasteiger partial charge in [0.2, 0.25) is 0 Å². The third-order valence-electron chi connectivity index (χ3n) is 9.53. The highest BCUT2D eigenvalue weighted by atomic mass is 19.4. The van der Waals surface area contributed by atoms with Crippen molar-refractivity contribution in [1.29, 1.82) is 0 Å². The summed E-state index contributed by atoms with van der Waals surface area (Å²) in [5, 5.41) is 2.34. The minimum absolute atomic E-state index is 0.00463. The Balaban J connectivity index is 1.28. The summed E-state index contributed by atoms with van der Waals surface area (Å²) in [4.78, 5) is 44.6. The second kappa shape index (κ2) is 11.9. The summed E-state index contributed by atoms with van der Waals surface area (Å²) in [6.07, 6.45) is -3.17. The molecule has 0 unspecified atom stereocenters. The maximum absolute atomic E-state index is 15.3. The molecule has 2 aliphatic heterocycles. The van der Waals surface area contributed by atoms with Crippen molar-refractivity contribution in [3.63, 3.8) is 0 Å². The fourth-order valence-electron chi connectivity index (χ4n) is 6.81. The lowest BCUT2D eigenvalue weighted by atomic mass is 9.91. The number of carbonyl (C=O) groups is 2. The van der Waals surface area contributed by atoms with E-state index in [2.05, 4.69) is 10.3 Å². The second-order valence-electron chi connectivity index (χ2n) is 12.4. The number of piperidine rings is 1. The van der Waals surface area contributed by atoms with Gasteiger partial charge in [0, 0.05) is 37.0 Å². The van der Waals surface area contributed by atoms with Crippen molar-refractivity contribution < 1.29 is 41.0 Å². The Bertz CT molecular complexity index is 1820. The van der Waals surface area contributed by atoms with Crippen LogP contribution in [0.3, 0.4) is 0 Å². The standard InChI is InChI=1S/C33H33F5N4O5/c1-15-16(2)41(3)31(44)27(39-15)21-8-7-17(20-6-5-9-47-28(20)21)11-25(32(45)46-4)40-30(43)26-23(34)12-19(13-24(26)35)42-14-18-10-22(18)29(42)33(36,37)38/h7-8,12-13,18,22,25,29H,5-6,9-11,14H2,1-4H3,(H,40,43)/t18-,22-,25+,29-/m1/s1. The number of carbonyl (C=O) groups excluding carboxylic acids is 2. The highest BCUT2D eigenvalue weighted by Gasteiger charge is 2.62. The largest absolute Gasteiger partial charge is 0.493 e. The fourth-order valence-corrected chi connectivity index (χ4v) is 6.81. The number of aromatic nitrogens is 2. The third kappa shape index (κ3) is 5.82. The number of fused-ring (bicyclic) bond motifs is 2. The molecule has 1 N–H and O–H groups in total. The molecule has 3 heterocycles. The number of benzene rings is 2. The normalized spacial score (nSPS) is 20.6. The van der Waals surface area contributed by atoms with E-state index in [1.807, 2.05) is 0 Å². The predicted octanol–water partition coefficient (Wildman–Crippen LogP) is 4.57. The molecular formula is C33H33F5N4O5. The Morgan fingerprint density at radius 2 is 1.87 bits per heavy atom. The predicted molar refractivity (Wildman–Crippen MR) is 160 cm³/mol. The van der Waals surface area contributed by atoms with E-state index < -0.39 is 53.3 Å². The molecule has 0 spiro atoms. The lowest BCUT2D eigenvalue weighted by Gasteiger charge is -2.31. The van der Waals surface area contributed by atoms with Crippen LogP contribution < -0.4 is 20.5 Å². The topological polar surface area (TPSA) is 103 Å². The second-order valence-corrected chi connectivity index (χ2v) is 12.4. The van der Waals surface area contributed by atoms with Gasteiger partial charge in [0.15, 0.2) is 0 Å². The third-order valence-corrected chi connectivity index (χ3v) is 9.53. The number of halogens is 5. The van der Waals surface area contributed by atoms with Gasteiger partial charge in [0.05, 0.1) is 19.4 Å². The van der Waals surface area contributed by atoms with E-state index in [0.717, 1.165) is 12.0 Å². The minimum Gasteiger partial charge on any atom is -0.493 e. The Hall–Kier alpha value is -4.49. The first kappa shape index (κ1) is 32.5. The summed E-state index contributed by atoms with van der Waals surface area (Å²) in [5.41, 5.74) is 1.63. The van der Waals surface area contributed by atoms with Gasteiger partial charge in [-0.15, -0.1) is 0 Å². The number of hydrogen-bond acceptors (Lipinski definition) is 7. The van der Waals surface area contributed by atoms with Crippen LogP contribution in [0.2, 0.25) is 0 Å². The highest BCUT2D eigenvalue weighted by molar-refractivity contribution is 5.97. The van der Waals surface area contributed by atoms with Gasteiger partial charge >= 0.3 is 12.1 Å². The van der Waals surface area contributed by atoms with Crippen molar-refractivity contribution >= 4 is 17.6 Å². The van der Waals surface area contributed by atoms with Crippen LogP contribution in [-0.2, 0) is 29.4 Å². The van der Waals surface area contributed by atoms with Gasteiger partial charge in [-0.2, -0.15) is 13.2 Å². The van der Waals surface area contributed by atoms with E-state index in [4.69, 9.17) is 9.47 Å². The van der Waals surface area contributed by atoms with Crippen LogP contribution in [0.4, 0.5) is 27.6 Å². The molecule has 1 aromatic heterocycles. The first-order chi connectivity index (χ1) is 22.2. The highest BCUT2D eigenvalue weighted by Crippen LogP contribution is 2.55. The molecule has 2 aromatic carbocycles. The van der Waals surface area contributed by atoms with Crippen LogP contribution in [0.1, 0.15) is 45.7 Å². The van der Waals surface area contributed by atoms with Crippen molar-refractivity contribution in [2.75, 3.05) is 25.2 Å². The van der Waals surface area contributed by atoms with Gasteiger partial charge in [-0.1, -0.05) is 6.07 Å². The number of rotatable bonds is 7. The zero-order valence-electron chi connectivity index (χ0n) is 26.1. The maximum Gasteiger partial charge on any atom is 0.409 e. The molecule has 1 aliphatic carbocycles. The van der Waals surface area contributed by atoms with Crippen molar-refractivity contribution in [1.82, 2.24) is 14.9 Å². The average molecular weight is 661 g/mol. The molecule has 3 aliphatic rings. The van der Waals surface area contributed by atoms with E-state index in [1.165, 1.54) is 4.57 Å². The zero-order chi connectivity index (χ0) is 33.9. The number of nitrogens with one attached hydrogen (secondary N) is 1. The van der Waals surface area contributed by atoms with Crippen LogP contribution in [0.5, 0.6) is 5.75 Å². The van der Waals surface area contributed by atoms with E-state index in [-0.39, 0.29) is 35.8 Å². The molecule has 14 heteroatoms. The van der Waals surface area contributed by atoms with Crippen molar-refractivity contribution in [3.8, 4) is 17.0 Å². The van der Waals surface area contributed by atoms with Gasteiger partial charge in [-0.3, -0.25) is 9.59 Å². The molecule has 1 amide bonds. The number of hydrogen-bond donors (Lipinski definition) is 1. The number of amides is 1. The molecule has 4 atom stereocenters. The molecule has 250 valence electrons. The first-order valence-electron chi connectivity index (χ1n) is 15.2. The van der Waals surface area contributed by atoms with Crippen molar-refractivity contribution in [2.45, 2.75) is 57.8 Å². The molecule has 0 bridgehead atoms. The number of nitrogens with zero attached hydrogens (tertiary/aromatic N) is 3. The lowest BCUT2D eigenvalue weighted by Crippen LogP contribution is -2.45. The lowest BCUT2D eigenvalue weighted by molar-refractivity contribution is -0.150. The Morgan fingerprint density at radius 1 is 1.17 bits per heavy atom. The SMILES string of the molecule is COC(=O)[C@H](Cc1ccc(-c2nc(C)c(C)n(C)c2=O)c2c1CCCO2)NC(=O)c1c(F)cc(N2C[C@H]3C[C@H]3[C@@H]2C(F)(F)F)cc1F. The molecule has 1 saturated carbocycles. The number of ether oxygens (including phenoxy) is 2. The quantitative estimate of drug-likeness (QED) is 0.293. The summed E-state index contributed by atoms with van der Waals surface area (Å²) in [5.74, 6) is -5.30. The summed E-state index contributed by atoms with van der Waals surface area (Å²) in [6.45, 7) is 3.96. The van der Waals surface area contributed by atoms with Crippen molar-refractivity contribution in [3.05, 3.63) is 74.3 Å². The van der Waals surface area contributed by atoms with Gasteiger partial charge in [-0.05, 0) is 74.3 Å². The van der Waals surface area contributed by atoms with Crippen LogP contribution in [0.25, 0.3) is 11.3 Å². The fraction of sp³-hybridized carbons (Fsp3) is 0.455. The Labute approximate surface area is 266 Å². The smallest absolute Gasteiger partial charge is 0.409 e. The Kier molecular flexibility index (Phi) is 8.25. The van der Waals surface area contributed by atoms with Crippen LogP contribution in [0.15, 0.2) is 29.1 Å². The van der Waals surface area contributed by atoms with Crippen LogP contribution >= 0.6 is 0 Å². The number of aryl methyl sites for hydroxylation is 1. The number of alkyl halides is 3. The van der Waals surface area contributed by atoms with Gasteiger partial charge in [0.1, 0.15) is 40.7 Å². The molecular weight excluding hydrogens is 627 g/mol. The van der Waals surface area contributed by atoms with E-state index >= 15 is 8.78 Å². The summed E-state index contributed by atoms with van der Waals surface area (Å²) in [6, 6.07) is 1.50. The summed E-state index contributed by atoms with van der Waals surface area (Å²) >= 11 is 0. The molecule has 2 fully saturated rings. The van der Waals surface area contributed by atoms with Crippen LogP contribution in [0, 0.1) is 37.3 Å². The molecule has 0 radical (unpaired) electrons. The van der Waals surface area contributed by atoms with E-state index in [0.29, 0.717) is 71.8 Å². The number of methoxy groups -OCH3 is 1. The molecule has 6 rings (SSSR count). The Morgan fingerprint density at radius 3 is 2.53 bits per heavy atom. The van der Waals surface area contributed by atoms with Gasteiger partial charge in [-0.25, -0.2) is 18.6 Å². The molecule has 47 heavy (non-hydrogen) atoms. The average Bonchev–Trinajstić information content (AvgIpc) is 3.67. The maximum atomic E-state index is 15.3. The van der Waals surface area contributed by atoms with Crippen LogP contribution in [-0.4, -0.2) is 59.9 Å². The first-order valence-corrected chi connectivity index (χ1v) is 15.2. The molecule has 3 aromatic rings. The minimum atomic E-state index is -4.58. The monoisotopic (exact) mass is 660 g/mol. The number of esters is 1. The van der Waals surface area contributed by atoms with E-state index in [1.54, 1.807) is 33.0 Å². The van der Waals surface area contributed by atoms with Crippen molar-refractivity contribution in [2.24, 2.45) is 18.9 Å². The summed E-state index contributed by atoms with van der Waals surface area (Å²) < 4.78 is 84.1. The molecule has 9 nitrogen and oxygen atoms in total. The van der Waals surface area contributed by atoms with Gasteiger partial charge < -0.3 is 24.3 Å². The number of anilines is 1.